The molecule has 1 aromatic rings. The van der Waals surface area contributed by atoms with E-state index in [1.54, 1.807) is 19.1 Å². The van der Waals surface area contributed by atoms with Crippen molar-refractivity contribution in [2.75, 3.05) is 31.9 Å². The van der Waals surface area contributed by atoms with Gasteiger partial charge in [-0.3, -0.25) is 0 Å². The Morgan fingerprint density at radius 2 is 2.00 bits per heavy atom. The lowest BCUT2D eigenvalue weighted by molar-refractivity contribution is 0.205. The van der Waals surface area contributed by atoms with Crippen LogP contribution in [0.25, 0.3) is 0 Å². The highest BCUT2D eigenvalue weighted by Crippen LogP contribution is 2.15. The number of sulfonamides is 1. The molecule has 26 heavy (non-hydrogen) atoms. The molecule has 0 fully saturated rings. The zero-order valence-corrected chi connectivity index (χ0v) is 16.4. The summed E-state index contributed by atoms with van der Waals surface area (Å²) in [5.41, 5.74) is 0. The maximum Gasteiger partial charge on any atom is 0.211 e. The summed E-state index contributed by atoms with van der Waals surface area (Å²) in [5, 5.41) is 6.16. The number of benzene rings is 1. The average Bonchev–Trinajstić information content (AvgIpc) is 2.62. The molecule has 9 heteroatoms. The summed E-state index contributed by atoms with van der Waals surface area (Å²) in [6.45, 7) is 7.25. The Labute approximate surface area is 155 Å². The Kier molecular flexibility index (Phi) is 9.97. The smallest absolute Gasteiger partial charge is 0.211 e. The molecule has 0 aliphatic rings. The maximum atomic E-state index is 13.2. The number of nitrogens with zero attached hydrogens (tertiary/aromatic N) is 1. The van der Waals surface area contributed by atoms with Gasteiger partial charge < -0.3 is 15.4 Å². The van der Waals surface area contributed by atoms with Crippen molar-refractivity contribution in [2.45, 2.75) is 33.3 Å². The second-order valence-electron chi connectivity index (χ2n) is 5.55. The van der Waals surface area contributed by atoms with Crippen molar-refractivity contribution >= 4 is 16.0 Å². The van der Waals surface area contributed by atoms with E-state index >= 15 is 0 Å². The summed E-state index contributed by atoms with van der Waals surface area (Å²) < 4.78 is 44.3. The van der Waals surface area contributed by atoms with E-state index in [9.17, 15) is 12.8 Å². The van der Waals surface area contributed by atoms with Gasteiger partial charge in [-0.2, -0.15) is 0 Å². The summed E-state index contributed by atoms with van der Waals surface area (Å²) in [4.78, 5) is 4.46. The van der Waals surface area contributed by atoms with E-state index in [4.69, 9.17) is 4.74 Å². The normalized spacial score (nSPS) is 13.3. The van der Waals surface area contributed by atoms with Gasteiger partial charge in [0.25, 0.3) is 0 Å². The molecule has 7 nitrogen and oxygen atoms in total. The lowest BCUT2D eigenvalue weighted by Crippen LogP contribution is -2.42. The third-order valence-electron chi connectivity index (χ3n) is 3.47. The molecule has 3 N–H and O–H groups in total. The Hall–Kier alpha value is -1.87. The monoisotopic (exact) mass is 388 g/mol. The summed E-state index contributed by atoms with van der Waals surface area (Å²) in [5.74, 6) is 0.755. The average molecular weight is 389 g/mol. The lowest BCUT2D eigenvalue weighted by atomic mass is 10.2. The number of halogens is 1. The van der Waals surface area contributed by atoms with Crippen molar-refractivity contribution in [2.24, 2.45) is 4.99 Å². The Bertz CT molecular complexity index is 668. The fourth-order valence-corrected chi connectivity index (χ4v) is 2.62. The largest absolute Gasteiger partial charge is 0.488 e. The van der Waals surface area contributed by atoms with E-state index in [0.717, 1.165) is 6.42 Å². The zero-order valence-electron chi connectivity index (χ0n) is 15.6. The number of guanidine groups is 1. The Balaban J connectivity index is 2.54. The molecule has 0 spiro atoms. The van der Waals surface area contributed by atoms with Gasteiger partial charge in [-0.1, -0.05) is 13.0 Å². The van der Waals surface area contributed by atoms with Crippen LogP contribution in [0.2, 0.25) is 0 Å². The third-order valence-corrected chi connectivity index (χ3v) is 4.87. The van der Waals surface area contributed by atoms with Gasteiger partial charge in [-0.05, 0) is 32.4 Å². The highest BCUT2D eigenvalue weighted by atomic mass is 32.2. The Morgan fingerprint density at radius 3 is 2.62 bits per heavy atom. The first-order valence-electron chi connectivity index (χ1n) is 8.81. The number of rotatable bonds is 11. The first-order chi connectivity index (χ1) is 12.4. The molecule has 1 atom stereocenters. The SMILES string of the molecule is CCNC(=NCC(CC)Oc1cccc(F)c1)NCCNS(=O)(=O)CC. The van der Waals surface area contributed by atoms with Crippen LogP contribution in [0, 0.1) is 5.82 Å². The molecule has 0 aromatic heterocycles. The van der Waals surface area contributed by atoms with E-state index in [0.29, 0.717) is 31.3 Å². The second kappa shape index (κ2) is 11.7. The first kappa shape index (κ1) is 22.2. The molecule has 0 saturated carbocycles. The summed E-state index contributed by atoms with van der Waals surface area (Å²) in [6.07, 6.45) is 0.529. The molecule has 0 saturated heterocycles. The summed E-state index contributed by atoms with van der Waals surface area (Å²) >= 11 is 0. The molecule has 148 valence electrons. The minimum atomic E-state index is -3.20. The molecule has 1 rings (SSSR count). The second-order valence-corrected chi connectivity index (χ2v) is 7.65. The molecule has 0 radical (unpaired) electrons. The van der Waals surface area contributed by atoms with Gasteiger partial charge in [-0.25, -0.2) is 22.5 Å². The molecule has 0 aliphatic carbocycles. The van der Waals surface area contributed by atoms with Crippen LogP contribution in [-0.4, -0.2) is 52.4 Å². The number of hydrogen-bond donors (Lipinski definition) is 3. The van der Waals surface area contributed by atoms with Crippen molar-refractivity contribution in [3.63, 3.8) is 0 Å². The van der Waals surface area contributed by atoms with Crippen molar-refractivity contribution < 1.29 is 17.5 Å². The van der Waals surface area contributed by atoms with Gasteiger partial charge >= 0.3 is 0 Å². The van der Waals surface area contributed by atoms with Crippen LogP contribution >= 0.6 is 0 Å². The van der Waals surface area contributed by atoms with E-state index < -0.39 is 10.0 Å². The standard InChI is InChI=1S/C17H29FN4O3S/c1-4-15(25-16-9-7-8-14(18)12-16)13-21-17(19-5-2)20-10-11-22-26(23,24)6-3/h7-9,12,15,22H,4-6,10-11,13H2,1-3H3,(H2,19,20,21). The van der Waals surface area contributed by atoms with Crippen molar-refractivity contribution in [1.82, 2.24) is 15.4 Å². The molecular formula is C17H29FN4O3S. The van der Waals surface area contributed by atoms with Crippen molar-refractivity contribution in [3.8, 4) is 5.75 Å². The topological polar surface area (TPSA) is 91.8 Å². The quantitative estimate of drug-likeness (QED) is 0.303. The third kappa shape index (κ3) is 9.00. The van der Waals surface area contributed by atoms with Gasteiger partial charge in [0.1, 0.15) is 17.7 Å². The molecule has 1 unspecified atom stereocenters. The van der Waals surface area contributed by atoms with Crippen LogP contribution < -0.4 is 20.1 Å². The van der Waals surface area contributed by atoms with Crippen LogP contribution in [0.15, 0.2) is 29.3 Å². The van der Waals surface area contributed by atoms with E-state index in [1.807, 2.05) is 13.8 Å². The van der Waals surface area contributed by atoms with E-state index in [-0.39, 0.29) is 24.2 Å². The van der Waals surface area contributed by atoms with E-state index in [1.165, 1.54) is 12.1 Å². The lowest BCUT2D eigenvalue weighted by Gasteiger charge is -2.17. The van der Waals surface area contributed by atoms with Crippen molar-refractivity contribution in [3.05, 3.63) is 30.1 Å². The van der Waals surface area contributed by atoms with Crippen LogP contribution in [-0.2, 0) is 10.0 Å². The number of hydrogen-bond acceptors (Lipinski definition) is 4. The number of aliphatic imine (C=N–C) groups is 1. The minimum Gasteiger partial charge on any atom is -0.488 e. The Morgan fingerprint density at radius 1 is 1.23 bits per heavy atom. The van der Waals surface area contributed by atoms with Gasteiger partial charge in [0.05, 0.1) is 12.3 Å². The fraction of sp³-hybridized carbons (Fsp3) is 0.588. The predicted molar refractivity (Wildman–Crippen MR) is 103 cm³/mol. The van der Waals surface area contributed by atoms with Crippen LogP contribution in [0.5, 0.6) is 5.75 Å². The number of ether oxygens (including phenoxy) is 1. The fourth-order valence-electron chi connectivity index (χ4n) is 2.01. The zero-order chi connectivity index (χ0) is 19.4. The molecule has 0 bridgehead atoms. The van der Waals surface area contributed by atoms with Crippen LogP contribution in [0.1, 0.15) is 27.2 Å². The summed E-state index contributed by atoms with van der Waals surface area (Å²) in [6, 6.07) is 6.02. The van der Waals surface area contributed by atoms with Gasteiger partial charge in [-0.15, -0.1) is 0 Å². The molecule has 1 aromatic carbocycles. The highest BCUT2D eigenvalue weighted by molar-refractivity contribution is 7.89. The highest BCUT2D eigenvalue weighted by Gasteiger charge is 2.09. The van der Waals surface area contributed by atoms with Crippen LogP contribution in [0.4, 0.5) is 4.39 Å². The number of nitrogens with one attached hydrogen (secondary N) is 3. The first-order valence-corrected chi connectivity index (χ1v) is 10.5. The molecule has 0 amide bonds. The molecular weight excluding hydrogens is 359 g/mol. The van der Waals surface area contributed by atoms with Crippen molar-refractivity contribution in [1.29, 1.82) is 0 Å². The maximum absolute atomic E-state index is 13.2. The van der Waals surface area contributed by atoms with E-state index in [2.05, 4.69) is 20.3 Å². The summed E-state index contributed by atoms with van der Waals surface area (Å²) in [7, 11) is -3.20. The molecule has 0 heterocycles. The predicted octanol–water partition coefficient (Wildman–Crippen LogP) is 1.48. The van der Waals surface area contributed by atoms with Crippen LogP contribution in [0.3, 0.4) is 0 Å². The minimum absolute atomic E-state index is 0.0523. The van der Waals surface area contributed by atoms with Gasteiger partial charge in [0, 0.05) is 25.7 Å². The van der Waals surface area contributed by atoms with Gasteiger partial charge in [0.15, 0.2) is 5.96 Å². The molecule has 0 aliphatic heterocycles. The van der Waals surface area contributed by atoms with Gasteiger partial charge in [0.2, 0.25) is 10.0 Å².